The second kappa shape index (κ2) is 2.26. The average molecular weight is 164 g/mol. The summed E-state index contributed by atoms with van der Waals surface area (Å²) < 4.78 is 0. The Kier molecular flexibility index (Phi) is 1.26. The highest BCUT2D eigenvalue weighted by atomic mass is 16.4. The number of carboxylic acids is 1. The molecule has 2 aromatic rings. The van der Waals surface area contributed by atoms with E-state index in [0.717, 1.165) is 0 Å². The number of aromatic amines is 1. The van der Waals surface area contributed by atoms with E-state index in [4.69, 9.17) is 5.11 Å². The quantitative estimate of drug-likeness (QED) is 0.621. The minimum absolute atomic E-state index is 0.0567. The van der Waals surface area contributed by atoms with Crippen molar-refractivity contribution in [3.63, 3.8) is 0 Å². The van der Waals surface area contributed by atoms with Crippen molar-refractivity contribution < 1.29 is 9.90 Å². The van der Waals surface area contributed by atoms with Crippen molar-refractivity contribution >= 4 is 17.0 Å². The van der Waals surface area contributed by atoms with Gasteiger partial charge in [0.15, 0.2) is 0 Å². The summed E-state index contributed by atoms with van der Waals surface area (Å²) in [4.78, 5) is 14.3. The van der Waals surface area contributed by atoms with E-state index in [0.29, 0.717) is 11.0 Å². The van der Waals surface area contributed by atoms with Crippen LogP contribution in [0.3, 0.4) is 0 Å². The Morgan fingerprint density at radius 3 is 3.08 bits per heavy atom. The van der Waals surface area contributed by atoms with Crippen LogP contribution in [0.15, 0.2) is 12.4 Å². The largest absolute Gasteiger partial charge is 0.478 e. The van der Waals surface area contributed by atoms with Crippen molar-refractivity contribution in [3.05, 3.63) is 18.0 Å². The number of hydrogen-bond donors (Lipinski definition) is 2. The van der Waals surface area contributed by atoms with Gasteiger partial charge in [0.1, 0.15) is 16.6 Å². The molecular formula is C6H4N4O2. The summed E-state index contributed by atoms with van der Waals surface area (Å²) in [6.07, 6.45) is 2.72. The first kappa shape index (κ1) is 6.71. The maximum absolute atomic E-state index is 10.6. The molecule has 0 aliphatic heterocycles. The summed E-state index contributed by atoms with van der Waals surface area (Å²) >= 11 is 0. The molecule has 0 fully saturated rings. The smallest absolute Gasteiger partial charge is 0.339 e. The third kappa shape index (κ3) is 0.815. The third-order valence-electron chi connectivity index (χ3n) is 1.47. The molecule has 0 unspecified atom stereocenters. The van der Waals surface area contributed by atoms with Crippen LogP contribution in [-0.4, -0.2) is 31.5 Å². The molecule has 6 heteroatoms. The average Bonchev–Trinajstić information content (AvgIpc) is 2.49. The first-order valence-corrected chi connectivity index (χ1v) is 3.17. The molecular weight excluding hydrogens is 160 g/mol. The monoisotopic (exact) mass is 164 g/mol. The fraction of sp³-hybridized carbons (Fsp3) is 0. The Labute approximate surface area is 66.2 Å². The van der Waals surface area contributed by atoms with Gasteiger partial charge >= 0.3 is 5.97 Å². The molecule has 0 saturated carbocycles. The van der Waals surface area contributed by atoms with Gasteiger partial charge in [-0.05, 0) is 0 Å². The summed E-state index contributed by atoms with van der Waals surface area (Å²) in [6, 6.07) is 0. The first-order chi connectivity index (χ1) is 5.79. The molecule has 2 rings (SSSR count). The number of nitrogens with zero attached hydrogens (tertiary/aromatic N) is 3. The van der Waals surface area contributed by atoms with E-state index in [1.54, 1.807) is 0 Å². The van der Waals surface area contributed by atoms with Crippen LogP contribution in [0.1, 0.15) is 10.4 Å². The van der Waals surface area contributed by atoms with E-state index < -0.39 is 5.97 Å². The van der Waals surface area contributed by atoms with E-state index >= 15 is 0 Å². The van der Waals surface area contributed by atoms with E-state index in [1.807, 2.05) is 0 Å². The zero-order valence-electron chi connectivity index (χ0n) is 5.85. The number of hydrogen-bond acceptors (Lipinski definition) is 4. The van der Waals surface area contributed by atoms with Gasteiger partial charge in [0.05, 0.1) is 6.20 Å². The van der Waals surface area contributed by atoms with Crippen molar-refractivity contribution in [2.24, 2.45) is 0 Å². The number of fused-ring (bicyclic) bond motifs is 1. The summed E-state index contributed by atoms with van der Waals surface area (Å²) in [5.41, 5.74) is 0.911. The zero-order chi connectivity index (χ0) is 8.55. The van der Waals surface area contributed by atoms with Gasteiger partial charge in [-0.2, -0.15) is 0 Å². The predicted molar refractivity (Wildman–Crippen MR) is 38.6 cm³/mol. The van der Waals surface area contributed by atoms with E-state index in [9.17, 15) is 4.79 Å². The molecule has 6 nitrogen and oxygen atoms in total. The van der Waals surface area contributed by atoms with Gasteiger partial charge in [0, 0.05) is 6.20 Å². The van der Waals surface area contributed by atoms with Crippen LogP contribution in [-0.2, 0) is 0 Å². The minimum Gasteiger partial charge on any atom is -0.478 e. The third-order valence-corrected chi connectivity index (χ3v) is 1.47. The van der Waals surface area contributed by atoms with Crippen molar-refractivity contribution in [1.29, 1.82) is 0 Å². The maximum Gasteiger partial charge on any atom is 0.339 e. The Morgan fingerprint density at radius 2 is 2.33 bits per heavy atom. The first-order valence-electron chi connectivity index (χ1n) is 3.17. The van der Waals surface area contributed by atoms with Crippen LogP contribution < -0.4 is 0 Å². The van der Waals surface area contributed by atoms with Gasteiger partial charge in [-0.1, -0.05) is 5.21 Å². The number of aromatic carboxylic acids is 1. The lowest BCUT2D eigenvalue weighted by molar-refractivity contribution is 0.0698. The highest BCUT2D eigenvalue weighted by Crippen LogP contribution is 2.10. The molecule has 0 saturated heterocycles. The van der Waals surface area contributed by atoms with Crippen molar-refractivity contribution in [2.45, 2.75) is 0 Å². The number of pyridine rings is 1. The molecule has 0 aliphatic rings. The van der Waals surface area contributed by atoms with Gasteiger partial charge < -0.3 is 5.11 Å². The van der Waals surface area contributed by atoms with Crippen LogP contribution in [0.5, 0.6) is 0 Å². The normalized spacial score (nSPS) is 10.3. The fourth-order valence-electron chi connectivity index (χ4n) is 0.929. The number of H-pyrrole nitrogens is 1. The van der Waals surface area contributed by atoms with Crippen LogP contribution >= 0.6 is 0 Å². The number of carboxylic acid groups (broad SMARTS) is 1. The molecule has 0 atom stereocenters. The number of aromatic nitrogens is 4. The molecule has 2 N–H and O–H groups in total. The molecule has 2 heterocycles. The minimum atomic E-state index is -1.05. The number of nitrogens with one attached hydrogen (secondary N) is 1. The predicted octanol–water partition coefficient (Wildman–Crippen LogP) is 0.0511. The lowest BCUT2D eigenvalue weighted by atomic mass is 10.2. The fourth-order valence-corrected chi connectivity index (χ4v) is 0.929. The van der Waals surface area contributed by atoms with E-state index in [2.05, 4.69) is 20.4 Å². The lowest BCUT2D eigenvalue weighted by Crippen LogP contribution is -1.98. The van der Waals surface area contributed by atoms with Crippen LogP contribution in [0.25, 0.3) is 11.0 Å². The van der Waals surface area contributed by atoms with E-state index in [1.165, 1.54) is 12.4 Å². The molecule has 2 aromatic heterocycles. The summed E-state index contributed by atoms with van der Waals surface area (Å²) in [5, 5.41) is 18.3. The highest BCUT2D eigenvalue weighted by Gasteiger charge is 2.10. The standard InChI is InChI=1S/C6H4N4O2/c11-6(12)3-1-7-2-4-5(3)9-10-8-4/h1-2H,(H,11,12)(H,8,9,10). The maximum atomic E-state index is 10.6. The molecule has 0 bridgehead atoms. The summed E-state index contributed by atoms with van der Waals surface area (Å²) in [6.45, 7) is 0. The topological polar surface area (TPSA) is 91.8 Å². The molecule has 0 aliphatic carbocycles. The second-order valence-electron chi connectivity index (χ2n) is 2.20. The van der Waals surface area contributed by atoms with Crippen LogP contribution in [0.4, 0.5) is 0 Å². The number of rotatable bonds is 1. The molecule has 12 heavy (non-hydrogen) atoms. The van der Waals surface area contributed by atoms with Gasteiger partial charge in [0.25, 0.3) is 0 Å². The van der Waals surface area contributed by atoms with E-state index in [-0.39, 0.29) is 5.56 Å². The van der Waals surface area contributed by atoms with Crippen molar-refractivity contribution in [3.8, 4) is 0 Å². The van der Waals surface area contributed by atoms with Gasteiger partial charge in [-0.15, -0.1) is 5.10 Å². The van der Waals surface area contributed by atoms with Gasteiger partial charge in [0.2, 0.25) is 0 Å². The highest BCUT2D eigenvalue weighted by molar-refractivity contribution is 5.99. The molecule has 0 amide bonds. The Hall–Kier alpha value is -1.98. The summed E-state index contributed by atoms with van der Waals surface area (Å²) in [7, 11) is 0. The Bertz CT molecular complexity index is 436. The van der Waals surface area contributed by atoms with Gasteiger partial charge in [-0.3, -0.25) is 10.1 Å². The van der Waals surface area contributed by atoms with Crippen LogP contribution in [0.2, 0.25) is 0 Å². The molecule has 60 valence electrons. The summed E-state index contributed by atoms with van der Waals surface area (Å²) in [5.74, 6) is -1.05. The second-order valence-corrected chi connectivity index (χ2v) is 2.20. The lowest BCUT2D eigenvalue weighted by Gasteiger charge is -1.91. The van der Waals surface area contributed by atoms with Crippen molar-refractivity contribution in [1.82, 2.24) is 20.4 Å². The van der Waals surface area contributed by atoms with Crippen LogP contribution in [0, 0.1) is 0 Å². The Balaban J connectivity index is 2.82. The Morgan fingerprint density at radius 1 is 1.50 bits per heavy atom. The molecule has 0 spiro atoms. The molecule has 0 radical (unpaired) electrons. The SMILES string of the molecule is O=C(O)c1cncc2[nH]nnc12. The van der Waals surface area contributed by atoms with Gasteiger partial charge in [-0.25, -0.2) is 4.79 Å². The van der Waals surface area contributed by atoms with Crippen molar-refractivity contribution in [2.75, 3.05) is 0 Å². The zero-order valence-corrected chi connectivity index (χ0v) is 5.85. The number of carbonyl (C=O) groups is 1. The molecule has 0 aromatic carbocycles.